The molecule has 194 valence electrons. The lowest BCUT2D eigenvalue weighted by Gasteiger charge is -2.63. The van der Waals surface area contributed by atoms with Gasteiger partial charge in [-0.15, -0.1) is 0 Å². The van der Waals surface area contributed by atoms with Crippen LogP contribution in [0.25, 0.3) is 0 Å². The minimum Gasteiger partial charge on any atom is -0.458 e. The third kappa shape index (κ3) is 3.06. The molecule has 1 saturated heterocycles. The third-order valence-corrected chi connectivity index (χ3v) is 11.5. The van der Waals surface area contributed by atoms with E-state index in [1.807, 2.05) is 20.8 Å². The first kappa shape index (κ1) is 25.2. The van der Waals surface area contributed by atoms with Crippen LogP contribution in [0.4, 0.5) is 0 Å². The summed E-state index contributed by atoms with van der Waals surface area (Å²) in [5, 5.41) is 10.8. The maximum absolute atomic E-state index is 13.8. The minimum atomic E-state index is -1.05. The van der Waals surface area contributed by atoms with E-state index in [0.29, 0.717) is 25.2 Å². The second-order valence-electron chi connectivity index (χ2n) is 14.3. The minimum absolute atomic E-state index is 0.0313. The van der Waals surface area contributed by atoms with Gasteiger partial charge in [-0.05, 0) is 73.0 Å². The van der Waals surface area contributed by atoms with Crippen LogP contribution in [0.1, 0.15) is 99.8 Å². The fourth-order valence-corrected chi connectivity index (χ4v) is 9.99. The van der Waals surface area contributed by atoms with Gasteiger partial charge in [-0.1, -0.05) is 53.2 Å². The van der Waals surface area contributed by atoms with E-state index in [9.17, 15) is 19.5 Å². The van der Waals surface area contributed by atoms with E-state index in [4.69, 9.17) is 4.74 Å². The summed E-state index contributed by atoms with van der Waals surface area (Å²) >= 11 is 0. The van der Waals surface area contributed by atoms with E-state index in [1.54, 1.807) is 0 Å². The molecule has 1 aliphatic heterocycles. The summed E-state index contributed by atoms with van der Waals surface area (Å²) in [4.78, 5) is 40.4. The Morgan fingerprint density at radius 3 is 2.46 bits per heavy atom. The molecule has 1 heterocycles. The predicted octanol–water partition coefficient (Wildman–Crippen LogP) is 5.43. The topological polar surface area (TPSA) is 80.7 Å². The molecule has 0 radical (unpaired) electrons. The maximum atomic E-state index is 13.8. The molecule has 8 unspecified atom stereocenters. The first-order valence-electron chi connectivity index (χ1n) is 13.8. The summed E-state index contributed by atoms with van der Waals surface area (Å²) in [7, 11) is 0. The van der Waals surface area contributed by atoms with E-state index in [2.05, 4.69) is 33.8 Å². The average molecular weight is 485 g/mol. The van der Waals surface area contributed by atoms with Crippen LogP contribution in [-0.2, 0) is 19.1 Å². The van der Waals surface area contributed by atoms with Gasteiger partial charge in [0.2, 0.25) is 0 Å². The van der Waals surface area contributed by atoms with Gasteiger partial charge in [-0.2, -0.15) is 0 Å². The molecule has 5 nitrogen and oxygen atoms in total. The zero-order chi connectivity index (χ0) is 25.8. The Kier molecular flexibility index (Phi) is 5.41. The fourth-order valence-electron chi connectivity index (χ4n) is 9.99. The van der Waals surface area contributed by atoms with Gasteiger partial charge in [0.15, 0.2) is 0 Å². The number of hydrogen-bond donors (Lipinski definition) is 1. The Labute approximate surface area is 210 Å². The normalized spacial score (nSPS) is 48.0. The van der Waals surface area contributed by atoms with Crippen LogP contribution in [0, 0.1) is 45.3 Å². The van der Waals surface area contributed by atoms with Crippen molar-refractivity contribution in [3.05, 3.63) is 11.6 Å². The molecule has 35 heavy (non-hydrogen) atoms. The van der Waals surface area contributed by atoms with Gasteiger partial charge in [-0.3, -0.25) is 14.4 Å². The Morgan fingerprint density at radius 1 is 1.11 bits per heavy atom. The van der Waals surface area contributed by atoms with Crippen molar-refractivity contribution in [2.75, 3.05) is 0 Å². The van der Waals surface area contributed by atoms with Crippen molar-refractivity contribution in [3.63, 3.8) is 0 Å². The molecule has 1 spiro atoms. The molecule has 1 N–H and O–H groups in total. The number of ketones is 2. The molecule has 4 fully saturated rings. The first-order chi connectivity index (χ1) is 16.1. The smallest absolute Gasteiger partial charge is 0.314 e. The highest BCUT2D eigenvalue weighted by atomic mass is 16.6. The molecule has 3 saturated carbocycles. The molecule has 5 heteroatoms. The van der Waals surface area contributed by atoms with E-state index >= 15 is 0 Å². The second-order valence-corrected chi connectivity index (χ2v) is 14.3. The van der Waals surface area contributed by atoms with Crippen LogP contribution < -0.4 is 0 Å². The summed E-state index contributed by atoms with van der Waals surface area (Å²) in [5.41, 5.74) is -1.21. The lowest BCUT2D eigenvalue weighted by Crippen LogP contribution is -2.58. The number of cyclic esters (lactones) is 1. The summed E-state index contributed by atoms with van der Waals surface area (Å²) in [5.74, 6) is 0.0987. The first-order valence-corrected chi connectivity index (χ1v) is 13.8. The Balaban J connectivity index is 1.56. The van der Waals surface area contributed by atoms with E-state index in [0.717, 1.165) is 25.7 Å². The van der Waals surface area contributed by atoms with Crippen LogP contribution in [0.2, 0.25) is 0 Å². The number of carbonyl (C=O) groups is 3. The maximum Gasteiger partial charge on any atom is 0.314 e. The Morgan fingerprint density at radius 2 is 1.80 bits per heavy atom. The van der Waals surface area contributed by atoms with Gasteiger partial charge in [0.05, 0.1) is 17.4 Å². The van der Waals surface area contributed by atoms with Crippen LogP contribution in [-0.4, -0.2) is 34.3 Å². The number of hydrogen-bond acceptors (Lipinski definition) is 5. The number of aliphatic hydroxyl groups excluding tert-OH is 1. The highest BCUT2D eigenvalue weighted by Gasteiger charge is 2.79. The lowest BCUT2D eigenvalue weighted by atomic mass is 9.41. The van der Waals surface area contributed by atoms with Crippen molar-refractivity contribution in [3.8, 4) is 0 Å². The van der Waals surface area contributed by atoms with E-state index in [-0.39, 0.29) is 52.7 Å². The molecular formula is C30H44O5. The number of allylic oxidation sites excluding steroid dienone is 2. The van der Waals surface area contributed by atoms with Gasteiger partial charge in [0.25, 0.3) is 0 Å². The number of fused-ring (bicyclic) bond motifs is 4. The number of esters is 1. The zero-order valence-electron chi connectivity index (χ0n) is 22.7. The molecule has 4 aliphatic carbocycles. The molecular weight excluding hydrogens is 440 g/mol. The van der Waals surface area contributed by atoms with E-state index in [1.165, 1.54) is 5.57 Å². The summed E-state index contributed by atoms with van der Waals surface area (Å²) < 4.78 is 6.08. The van der Waals surface area contributed by atoms with Crippen molar-refractivity contribution in [2.45, 2.75) is 112 Å². The number of rotatable bonds is 4. The lowest BCUT2D eigenvalue weighted by molar-refractivity contribution is -0.163. The molecule has 5 rings (SSSR count). The molecule has 0 amide bonds. The predicted molar refractivity (Wildman–Crippen MR) is 133 cm³/mol. The standard InChI is InChI=1S/C30H44O5/c1-17(2)14-18(31)15-29(7)24-21(32)16-28(6)20-8-9-22-26(3,4)23(33)11-12-27(22,5)19(20)10-13-30(24,28)25(34)35-29/h10,17,20,22-24,33H,8-9,11-16H2,1-7H3. The molecule has 0 aromatic carbocycles. The largest absolute Gasteiger partial charge is 0.458 e. The van der Waals surface area contributed by atoms with Gasteiger partial charge in [-0.25, -0.2) is 0 Å². The van der Waals surface area contributed by atoms with Gasteiger partial charge < -0.3 is 9.84 Å². The SMILES string of the molecule is CC(C)CC(=O)CC1(C)OC(=O)C23CC=C4C(CCC5C4(C)CCC(O)C5(C)C)C2(C)CC(=O)C13. The number of ether oxygens (including phenoxy) is 1. The van der Waals surface area contributed by atoms with Gasteiger partial charge in [0.1, 0.15) is 17.2 Å². The van der Waals surface area contributed by atoms with Crippen molar-refractivity contribution in [1.82, 2.24) is 0 Å². The van der Waals surface area contributed by atoms with Gasteiger partial charge >= 0.3 is 5.97 Å². The number of aliphatic hydroxyl groups is 1. The molecule has 0 aromatic heterocycles. The van der Waals surface area contributed by atoms with Crippen molar-refractivity contribution >= 4 is 17.5 Å². The Bertz CT molecular complexity index is 1010. The summed E-state index contributed by atoms with van der Waals surface area (Å²) in [6, 6.07) is 0. The quantitative estimate of drug-likeness (QED) is 0.425. The van der Waals surface area contributed by atoms with Crippen molar-refractivity contribution in [1.29, 1.82) is 0 Å². The summed E-state index contributed by atoms with van der Waals surface area (Å²) in [6.07, 6.45) is 7.10. The highest BCUT2D eigenvalue weighted by molar-refractivity contribution is 6.00. The molecule has 8 atom stereocenters. The average Bonchev–Trinajstić information content (AvgIpc) is 3.11. The number of carbonyl (C=O) groups excluding carboxylic acids is 3. The monoisotopic (exact) mass is 484 g/mol. The van der Waals surface area contributed by atoms with Crippen LogP contribution in [0.5, 0.6) is 0 Å². The highest BCUT2D eigenvalue weighted by Crippen LogP contribution is 2.75. The molecule has 0 bridgehead atoms. The van der Waals surface area contributed by atoms with Crippen molar-refractivity contribution < 1.29 is 24.2 Å². The fraction of sp³-hybridized carbons (Fsp3) is 0.833. The van der Waals surface area contributed by atoms with Gasteiger partial charge in [0, 0.05) is 19.3 Å². The molecule has 0 aromatic rings. The second kappa shape index (κ2) is 7.52. The van der Waals surface area contributed by atoms with E-state index < -0.39 is 22.3 Å². The summed E-state index contributed by atoms with van der Waals surface area (Å²) in [6.45, 7) is 14.8. The van der Waals surface area contributed by atoms with Crippen molar-refractivity contribution in [2.24, 2.45) is 45.3 Å². The molecule has 5 aliphatic rings. The zero-order valence-corrected chi connectivity index (χ0v) is 22.7. The third-order valence-electron chi connectivity index (χ3n) is 11.5. The van der Waals surface area contributed by atoms with Crippen LogP contribution in [0.3, 0.4) is 0 Å². The Hall–Kier alpha value is -1.49. The van der Waals surface area contributed by atoms with Crippen LogP contribution in [0.15, 0.2) is 11.6 Å². The van der Waals surface area contributed by atoms with Crippen LogP contribution >= 0.6 is 0 Å². The number of Topliss-reactive ketones (excluding diaryl/α,β-unsaturated/α-hetero) is 2.